The normalized spacial score (nSPS) is 25.4. The van der Waals surface area contributed by atoms with Crippen LogP contribution in [-0.2, 0) is 14.6 Å². The number of piperidine rings is 1. The molecule has 152 valence electrons. The van der Waals surface area contributed by atoms with Crippen LogP contribution >= 0.6 is 24.0 Å². The fourth-order valence-electron chi connectivity index (χ4n) is 3.55. The zero-order valence-electron chi connectivity index (χ0n) is 16.3. The predicted octanol–water partition coefficient (Wildman–Crippen LogP) is 1.48. The van der Waals surface area contributed by atoms with Crippen molar-refractivity contribution in [2.45, 2.75) is 57.2 Å². The topological polar surface area (TPSA) is 82.1 Å². The summed E-state index contributed by atoms with van der Waals surface area (Å²) in [6, 6.07) is 0.327. The van der Waals surface area contributed by atoms with Gasteiger partial charge in [0.25, 0.3) is 0 Å². The molecule has 1 unspecified atom stereocenters. The van der Waals surface area contributed by atoms with E-state index in [0.29, 0.717) is 38.1 Å². The van der Waals surface area contributed by atoms with Crippen LogP contribution in [0.4, 0.5) is 0 Å². The van der Waals surface area contributed by atoms with Crippen LogP contribution in [0.1, 0.15) is 46.5 Å². The van der Waals surface area contributed by atoms with Gasteiger partial charge in [-0.2, -0.15) is 0 Å². The maximum Gasteiger partial charge on any atom is 0.224 e. The average molecular weight is 500 g/mol. The maximum atomic E-state index is 12.4. The number of amides is 1. The van der Waals surface area contributed by atoms with Crippen LogP contribution < -0.4 is 5.32 Å². The Morgan fingerprint density at radius 2 is 1.96 bits per heavy atom. The Labute approximate surface area is 174 Å². The van der Waals surface area contributed by atoms with Gasteiger partial charge in [-0.3, -0.25) is 9.79 Å². The number of carbonyl (C=O) groups excluding carboxylic acids is 1. The average Bonchev–Trinajstić information content (AvgIpc) is 2.54. The second-order valence-corrected chi connectivity index (χ2v) is 10.4. The first-order chi connectivity index (χ1) is 11.7. The van der Waals surface area contributed by atoms with Crippen LogP contribution in [0.25, 0.3) is 0 Å². The molecule has 1 amide bonds. The summed E-state index contributed by atoms with van der Waals surface area (Å²) in [6.45, 7) is 7.83. The van der Waals surface area contributed by atoms with Crippen molar-refractivity contribution in [3.05, 3.63) is 0 Å². The van der Waals surface area contributed by atoms with Crippen LogP contribution in [0.5, 0.6) is 0 Å². The molecule has 26 heavy (non-hydrogen) atoms. The molecule has 2 saturated heterocycles. The van der Waals surface area contributed by atoms with Crippen LogP contribution in [0.3, 0.4) is 0 Å². The van der Waals surface area contributed by atoms with Gasteiger partial charge in [0.15, 0.2) is 15.8 Å². The molecule has 2 rings (SSSR count). The third kappa shape index (κ3) is 5.46. The number of halogens is 1. The smallest absolute Gasteiger partial charge is 0.224 e. The monoisotopic (exact) mass is 500 g/mol. The summed E-state index contributed by atoms with van der Waals surface area (Å²) in [5, 5.41) is 3.22. The molecule has 2 aliphatic heterocycles. The highest BCUT2D eigenvalue weighted by atomic mass is 127. The summed E-state index contributed by atoms with van der Waals surface area (Å²) in [4.78, 5) is 20.6. The second kappa shape index (κ2) is 9.57. The van der Waals surface area contributed by atoms with Gasteiger partial charge in [-0.05, 0) is 40.0 Å². The Morgan fingerprint density at radius 1 is 1.27 bits per heavy atom. The third-order valence-electron chi connectivity index (χ3n) is 5.30. The van der Waals surface area contributed by atoms with E-state index in [2.05, 4.69) is 17.2 Å². The summed E-state index contributed by atoms with van der Waals surface area (Å²) in [5.74, 6) is 0.976. The van der Waals surface area contributed by atoms with Crippen molar-refractivity contribution in [1.29, 1.82) is 0 Å². The number of rotatable bonds is 3. The van der Waals surface area contributed by atoms with Crippen molar-refractivity contribution >= 4 is 45.7 Å². The van der Waals surface area contributed by atoms with E-state index in [4.69, 9.17) is 0 Å². The lowest BCUT2D eigenvalue weighted by Crippen LogP contribution is -2.57. The van der Waals surface area contributed by atoms with Gasteiger partial charge in [0.2, 0.25) is 5.91 Å². The van der Waals surface area contributed by atoms with Crippen molar-refractivity contribution in [2.75, 3.05) is 39.0 Å². The molecule has 2 heterocycles. The molecule has 0 saturated carbocycles. The van der Waals surface area contributed by atoms with Gasteiger partial charge >= 0.3 is 0 Å². The van der Waals surface area contributed by atoms with Crippen molar-refractivity contribution in [3.63, 3.8) is 0 Å². The van der Waals surface area contributed by atoms with Gasteiger partial charge in [0.05, 0.1) is 10.5 Å². The first-order valence-electron chi connectivity index (χ1n) is 9.15. The zero-order valence-corrected chi connectivity index (χ0v) is 19.5. The van der Waals surface area contributed by atoms with Gasteiger partial charge < -0.3 is 15.1 Å². The minimum Gasteiger partial charge on any atom is -0.356 e. The minimum absolute atomic E-state index is 0. The molecule has 0 aromatic heterocycles. The molecule has 9 heteroatoms. The Hall–Kier alpha value is -0.580. The Morgan fingerprint density at radius 3 is 2.54 bits per heavy atom. The van der Waals surface area contributed by atoms with E-state index in [1.165, 1.54) is 6.42 Å². The third-order valence-corrected chi connectivity index (χ3v) is 7.83. The number of nitrogens with zero attached hydrogens (tertiary/aromatic N) is 3. The van der Waals surface area contributed by atoms with Gasteiger partial charge in [-0.15, -0.1) is 24.0 Å². The van der Waals surface area contributed by atoms with Crippen molar-refractivity contribution in [2.24, 2.45) is 4.99 Å². The Kier molecular flexibility index (Phi) is 8.63. The first kappa shape index (κ1) is 23.5. The lowest BCUT2D eigenvalue weighted by molar-refractivity contribution is -0.134. The fourth-order valence-corrected chi connectivity index (χ4v) is 4.92. The van der Waals surface area contributed by atoms with E-state index in [0.717, 1.165) is 19.4 Å². The number of carbonyl (C=O) groups is 1. The Bertz CT molecular complexity index is 621. The number of hydrogen-bond acceptors (Lipinski definition) is 4. The van der Waals surface area contributed by atoms with Crippen molar-refractivity contribution < 1.29 is 13.2 Å². The molecule has 7 nitrogen and oxygen atoms in total. The number of guanidine groups is 1. The predicted molar refractivity (Wildman–Crippen MR) is 116 cm³/mol. The molecule has 0 aromatic rings. The summed E-state index contributed by atoms with van der Waals surface area (Å²) >= 11 is 0. The van der Waals surface area contributed by atoms with Crippen molar-refractivity contribution in [3.8, 4) is 0 Å². The number of aliphatic imine (C=N–C) groups is 1. The largest absolute Gasteiger partial charge is 0.356 e. The molecule has 2 fully saturated rings. The molecule has 0 bridgehead atoms. The van der Waals surface area contributed by atoms with E-state index in [1.807, 2.05) is 9.80 Å². The van der Waals surface area contributed by atoms with Gasteiger partial charge in [-0.1, -0.05) is 0 Å². The van der Waals surface area contributed by atoms with Crippen LogP contribution in [0.15, 0.2) is 4.99 Å². The zero-order chi connectivity index (χ0) is 18.7. The molecule has 0 aliphatic carbocycles. The first-order valence-corrected chi connectivity index (χ1v) is 10.8. The van der Waals surface area contributed by atoms with Gasteiger partial charge in [0.1, 0.15) is 0 Å². The van der Waals surface area contributed by atoms with Crippen LogP contribution in [0, 0.1) is 0 Å². The molecule has 1 N–H and O–H groups in total. The van der Waals surface area contributed by atoms with Gasteiger partial charge in [0, 0.05) is 45.7 Å². The highest BCUT2D eigenvalue weighted by molar-refractivity contribution is 14.0. The highest BCUT2D eigenvalue weighted by Crippen LogP contribution is 2.23. The molecular formula is C17H33IN4O3S. The fraction of sp³-hybridized carbons (Fsp3) is 0.882. The van der Waals surface area contributed by atoms with E-state index in [9.17, 15) is 13.2 Å². The minimum atomic E-state index is -3.08. The van der Waals surface area contributed by atoms with E-state index < -0.39 is 14.6 Å². The standard InChI is InChI=1S/C17H32N4O3S.HI/c1-14-7-5-6-10-21(14)15(22)8-9-19-16(18-4)20-11-12-25(23,24)17(2,3)13-20;/h14H,5-13H2,1-4H3,(H,18,19);1H. The van der Waals surface area contributed by atoms with E-state index in [1.54, 1.807) is 20.9 Å². The second-order valence-electron chi connectivity index (χ2n) is 7.66. The lowest BCUT2D eigenvalue weighted by Gasteiger charge is -2.39. The highest BCUT2D eigenvalue weighted by Gasteiger charge is 2.40. The molecule has 0 radical (unpaired) electrons. The number of likely N-dealkylation sites (tertiary alicyclic amines) is 1. The van der Waals surface area contributed by atoms with Crippen molar-refractivity contribution in [1.82, 2.24) is 15.1 Å². The summed E-state index contributed by atoms with van der Waals surface area (Å²) in [5.41, 5.74) is 0. The molecule has 0 aromatic carbocycles. The maximum absolute atomic E-state index is 12.4. The SMILES string of the molecule is CN=C(NCCC(=O)N1CCCCC1C)N1CCS(=O)(=O)C(C)(C)C1.I. The lowest BCUT2D eigenvalue weighted by atomic mass is 10.0. The summed E-state index contributed by atoms with van der Waals surface area (Å²) in [6.07, 6.45) is 3.79. The van der Waals surface area contributed by atoms with Crippen LogP contribution in [-0.4, -0.2) is 79.9 Å². The van der Waals surface area contributed by atoms with E-state index >= 15 is 0 Å². The quantitative estimate of drug-likeness (QED) is 0.361. The molecule has 2 aliphatic rings. The summed E-state index contributed by atoms with van der Waals surface area (Å²) < 4.78 is 23.5. The summed E-state index contributed by atoms with van der Waals surface area (Å²) in [7, 11) is -1.39. The molecule has 1 atom stereocenters. The molecule has 0 spiro atoms. The molecular weight excluding hydrogens is 467 g/mol. The number of nitrogens with one attached hydrogen (secondary N) is 1. The number of hydrogen-bond donors (Lipinski definition) is 1. The van der Waals surface area contributed by atoms with Gasteiger partial charge in [-0.25, -0.2) is 8.42 Å². The van der Waals surface area contributed by atoms with Crippen LogP contribution in [0.2, 0.25) is 0 Å². The van der Waals surface area contributed by atoms with E-state index in [-0.39, 0.29) is 35.6 Å². The number of sulfone groups is 1. The Balaban J connectivity index is 0.00000338.